The summed E-state index contributed by atoms with van der Waals surface area (Å²) in [4.78, 5) is 10.6. The van der Waals surface area contributed by atoms with Crippen LogP contribution in [0.1, 0.15) is 17.3 Å². The summed E-state index contributed by atoms with van der Waals surface area (Å²) in [7, 11) is -3.49. The molecule has 1 aromatic carbocycles. The molecule has 0 saturated heterocycles. The highest BCUT2D eigenvalue weighted by molar-refractivity contribution is 7.92. The number of benzene rings is 1. The van der Waals surface area contributed by atoms with E-state index in [2.05, 4.69) is 4.72 Å². The maximum Gasteiger partial charge on any atom is 0.338 e. The number of aromatic carboxylic acids is 1. The maximum absolute atomic E-state index is 13.0. The Hall–Kier alpha value is -1.63. The topological polar surface area (TPSA) is 83.5 Å². The number of sulfonamides is 1. The summed E-state index contributed by atoms with van der Waals surface area (Å²) in [6.45, 7) is 1.43. The van der Waals surface area contributed by atoms with Crippen molar-refractivity contribution in [3.63, 3.8) is 0 Å². The van der Waals surface area contributed by atoms with Gasteiger partial charge in [0.05, 0.1) is 11.3 Å². The van der Waals surface area contributed by atoms with Crippen LogP contribution >= 0.6 is 0 Å². The van der Waals surface area contributed by atoms with Gasteiger partial charge in [-0.1, -0.05) is 0 Å². The predicted octanol–water partition coefficient (Wildman–Crippen LogP) is 1.29. The van der Waals surface area contributed by atoms with Gasteiger partial charge in [0.25, 0.3) is 0 Å². The molecular formula is C9H10FNO4S. The molecular weight excluding hydrogens is 237 g/mol. The van der Waals surface area contributed by atoms with Gasteiger partial charge in [-0.25, -0.2) is 17.6 Å². The first-order valence-electron chi connectivity index (χ1n) is 4.39. The fourth-order valence-corrected chi connectivity index (χ4v) is 1.63. The van der Waals surface area contributed by atoms with Crippen LogP contribution in [0.2, 0.25) is 0 Å². The van der Waals surface area contributed by atoms with Crippen LogP contribution in [-0.4, -0.2) is 25.2 Å². The third kappa shape index (κ3) is 2.93. The number of carboxylic acids is 1. The Labute approximate surface area is 92.0 Å². The smallest absolute Gasteiger partial charge is 0.338 e. The molecule has 2 N–H and O–H groups in total. The van der Waals surface area contributed by atoms with Crippen molar-refractivity contribution in [1.82, 2.24) is 0 Å². The Bertz CT molecular complexity index is 512. The highest BCUT2D eigenvalue weighted by Crippen LogP contribution is 2.16. The zero-order chi connectivity index (χ0) is 12.3. The van der Waals surface area contributed by atoms with Gasteiger partial charge in [-0.2, -0.15) is 0 Å². The van der Waals surface area contributed by atoms with Gasteiger partial charge < -0.3 is 5.11 Å². The van der Waals surface area contributed by atoms with Gasteiger partial charge in [-0.15, -0.1) is 0 Å². The molecule has 0 aromatic heterocycles. The summed E-state index contributed by atoms with van der Waals surface area (Å²) in [6, 6.07) is 3.00. The average molecular weight is 247 g/mol. The van der Waals surface area contributed by atoms with Gasteiger partial charge in [0.15, 0.2) is 0 Å². The van der Waals surface area contributed by atoms with E-state index in [1.54, 1.807) is 0 Å². The Balaban J connectivity index is 3.09. The molecule has 0 heterocycles. The van der Waals surface area contributed by atoms with Gasteiger partial charge in [0.1, 0.15) is 5.82 Å². The van der Waals surface area contributed by atoms with E-state index in [1.807, 2.05) is 0 Å². The molecule has 0 radical (unpaired) electrons. The normalized spacial score (nSPS) is 11.1. The number of carboxylic acid groups (broad SMARTS) is 1. The fraction of sp³-hybridized carbons (Fsp3) is 0.222. The fourth-order valence-electron chi connectivity index (χ4n) is 1.00. The molecule has 0 saturated carbocycles. The van der Waals surface area contributed by atoms with E-state index >= 15 is 0 Å². The zero-order valence-corrected chi connectivity index (χ0v) is 9.21. The summed E-state index contributed by atoms with van der Waals surface area (Å²) >= 11 is 0. The quantitative estimate of drug-likeness (QED) is 0.839. The second kappa shape index (κ2) is 4.48. The SMILES string of the molecule is CCS(=O)(=O)Nc1ccc(F)c(C(=O)O)c1. The van der Waals surface area contributed by atoms with Crippen molar-refractivity contribution in [2.45, 2.75) is 6.92 Å². The number of nitrogens with one attached hydrogen (secondary N) is 1. The number of rotatable bonds is 4. The van der Waals surface area contributed by atoms with Crippen molar-refractivity contribution in [2.24, 2.45) is 0 Å². The number of hydrogen-bond donors (Lipinski definition) is 2. The molecule has 0 atom stereocenters. The molecule has 16 heavy (non-hydrogen) atoms. The summed E-state index contributed by atoms with van der Waals surface area (Å²) in [5.74, 6) is -2.51. The second-order valence-corrected chi connectivity index (χ2v) is 5.02. The largest absolute Gasteiger partial charge is 0.478 e. The minimum absolute atomic E-state index is 0.0284. The standard InChI is InChI=1S/C9H10FNO4S/c1-2-16(14,15)11-6-3-4-8(10)7(5-6)9(12)13/h3-5,11H,2H2,1H3,(H,12,13). The first-order chi connectivity index (χ1) is 7.35. The van der Waals surface area contributed by atoms with Crippen LogP contribution in [0.5, 0.6) is 0 Å². The summed E-state index contributed by atoms with van der Waals surface area (Å²) in [6.07, 6.45) is 0. The van der Waals surface area contributed by atoms with Crippen molar-refractivity contribution in [1.29, 1.82) is 0 Å². The molecule has 0 aliphatic carbocycles. The lowest BCUT2D eigenvalue weighted by Crippen LogP contribution is -2.15. The van der Waals surface area contributed by atoms with E-state index in [-0.39, 0.29) is 11.4 Å². The minimum Gasteiger partial charge on any atom is -0.478 e. The highest BCUT2D eigenvalue weighted by atomic mass is 32.2. The monoisotopic (exact) mass is 247 g/mol. The van der Waals surface area contributed by atoms with Gasteiger partial charge in [0.2, 0.25) is 10.0 Å². The number of halogens is 1. The molecule has 0 fully saturated rings. The molecule has 0 aliphatic rings. The first-order valence-corrected chi connectivity index (χ1v) is 6.04. The molecule has 7 heteroatoms. The Morgan fingerprint density at radius 1 is 1.50 bits per heavy atom. The van der Waals surface area contributed by atoms with Gasteiger partial charge in [0, 0.05) is 5.69 Å². The van der Waals surface area contributed by atoms with E-state index in [9.17, 15) is 17.6 Å². The molecule has 0 spiro atoms. The van der Waals surface area contributed by atoms with Crippen molar-refractivity contribution in [3.05, 3.63) is 29.6 Å². The van der Waals surface area contributed by atoms with Crippen LogP contribution in [0.4, 0.5) is 10.1 Å². The molecule has 0 amide bonds. The van der Waals surface area contributed by atoms with E-state index < -0.39 is 27.4 Å². The Kier molecular flexibility index (Phi) is 3.48. The van der Waals surface area contributed by atoms with E-state index in [0.29, 0.717) is 0 Å². The number of anilines is 1. The molecule has 88 valence electrons. The van der Waals surface area contributed by atoms with Crippen LogP contribution in [0, 0.1) is 5.82 Å². The molecule has 1 rings (SSSR count). The van der Waals surface area contributed by atoms with Crippen molar-refractivity contribution in [2.75, 3.05) is 10.5 Å². The third-order valence-corrected chi connectivity index (χ3v) is 3.16. The lowest BCUT2D eigenvalue weighted by atomic mass is 10.2. The zero-order valence-electron chi connectivity index (χ0n) is 8.40. The molecule has 0 unspecified atom stereocenters. The Morgan fingerprint density at radius 3 is 2.62 bits per heavy atom. The summed E-state index contributed by atoms with van der Waals surface area (Å²) in [5.41, 5.74) is -0.544. The van der Waals surface area contributed by atoms with E-state index in [4.69, 9.17) is 5.11 Å². The lowest BCUT2D eigenvalue weighted by molar-refractivity contribution is 0.0692. The predicted molar refractivity (Wildman–Crippen MR) is 56.4 cm³/mol. The van der Waals surface area contributed by atoms with Crippen LogP contribution < -0.4 is 4.72 Å². The van der Waals surface area contributed by atoms with E-state index in [1.165, 1.54) is 6.92 Å². The van der Waals surface area contributed by atoms with Crippen LogP contribution in [0.25, 0.3) is 0 Å². The van der Waals surface area contributed by atoms with Crippen LogP contribution in [0.15, 0.2) is 18.2 Å². The number of carbonyl (C=O) groups is 1. The Morgan fingerprint density at radius 2 is 2.12 bits per heavy atom. The molecule has 0 bridgehead atoms. The number of hydrogen-bond acceptors (Lipinski definition) is 3. The summed E-state index contributed by atoms with van der Waals surface area (Å²) in [5, 5.41) is 8.63. The maximum atomic E-state index is 13.0. The second-order valence-electron chi connectivity index (χ2n) is 3.01. The minimum atomic E-state index is -3.49. The highest BCUT2D eigenvalue weighted by Gasteiger charge is 2.13. The van der Waals surface area contributed by atoms with Gasteiger partial charge in [-0.3, -0.25) is 4.72 Å². The molecule has 1 aromatic rings. The molecule has 5 nitrogen and oxygen atoms in total. The van der Waals surface area contributed by atoms with Gasteiger partial charge >= 0.3 is 5.97 Å². The van der Waals surface area contributed by atoms with Crippen molar-refractivity contribution < 1.29 is 22.7 Å². The van der Waals surface area contributed by atoms with Crippen molar-refractivity contribution in [3.8, 4) is 0 Å². The van der Waals surface area contributed by atoms with Crippen LogP contribution in [-0.2, 0) is 10.0 Å². The summed E-state index contributed by atoms with van der Waals surface area (Å²) < 4.78 is 37.5. The lowest BCUT2D eigenvalue weighted by Gasteiger charge is -2.06. The van der Waals surface area contributed by atoms with Crippen LogP contribution in [0.3, 0.4) is 0 Å². The molecule has 0 aliphatic heterocycles. The van der Waals surface area contributed by atoms with Crippen molar-refractivity contribution >= 4 is 21.7 Å². The average Bonchev–Trinajstić information content (AvgIpc) is 2.20. The van der Waals surface area contributed by atoms with Gasteiger partial charge in [-0.05, 0) is 25.1 Å². The third-order valence-electron chi connectivity index (χ3n) is 1.85. The van der Waals surface area contributed by atoms with E-state index in [0.717, 1.165) is 18.2 Å². The first kappa shape index (κ1) is 12.4.